The van der Waals surface area contributed by atoms with Gasteiger partial charge in [0.1, 0.15) is 5.82 Å². The quantitative estimate of drug-likeness (QED) is 0.610. The van der Waals surface area contributed by atoms with Crippen LogP contribution in [0.3, 0.4) is 0 Å². The van der Waals surface area contributed by atoms with Gasteiger partial charge in [-0.25, -0.2) is 4.98 Å². The molecule has 1 rings (SSSR count). The molecule has 0 amide bonds. The first-order valence-corrected chi connectivity index (χ1v) is 5.71. The molecule has 74 valence electrons. The van der Waals surface area contributed by atoms with Crippen LogP contribution in [0.2, 0.25) is 0 Å². The van der Waals surface area contributed by atoms with E-state index in [0.29, 0.717) is 0 Å². The maximum Gasteiger partial charge on any atom is 0.105 e. The van der Waals surface area contributed by atoms with Crippen LogP contribution in [-0.4, -0.2) is 28.0 Å². The lowest BCUT2D eigenvalue weighted by atomic mass is 10.4. The van der Waals surface area contributed by atoms with Crippen LogP contribution in [0.4, 0.5) is 0 Å². The Bertz CT molecular complexity index is 235. The highest BCUT2D eigenvalue weighted by Crippen LogP contribution is 1.93. The first-order chi connectivity index (χ1) is 6.34. The van der Waals surface area contributed by atoms with Gasteiger partial charge in [0.05, 0.1) is 0 Å². The molecule has 1 aromatic heterocycles. The molecule has 3 nitrogen and oxygen atoms in total. The number of hydrogen-bond acceptors (Lipinski definition) is 2. The predicted molar refractivity (Wildman–Crippen MR) is 58.2 cm³/mol. The number of halogens is 1. The molecule has 0 bridgehead atoms. The predicted octanol–water partition coefficient (Wildman–Crippen LogP) is 1.57. The van der Waals surface area contributed by atoms with Gasteiger partial charge in [0.25, 0.3) is 0 Å². The summed E-state index contributed by atoms with van der Waals surface area (Å²) in [7, 11) is 0. The summed E-state index contributed by atoms with van der Waals surface area (Å²) >= 11 is 3.40. The van der Waals surface area contributed by atoms with Crippen molar-refractivity contribution in [2.75, 3.05) is 18.4 Å². The SMILES string of the molecule is Cc1nccn1CCNCCCBr. The molecular weight excluding hydrogens is 230 g/mol. The molecule has 0 saturated carbocycles. The number of aromatic nitrogens is 2. The van der Waals surface area contributed by atoms with Gasteiger partial charge in [-0.2, -0.15) is 0 Å². The van der Waals surface area contributed by atoms with Gasteiger partial charge >= 0.3 is 0 Å². The summed E-state index contributed by atoms with van der Waals surface area (Å²) in [5.41, 5.74) is 0. The van der Waals surface area contributed by atoms with Gasteiger partial charge in [0, 0.05) is 30.8 Å². The van der Waals surface area contributed by atoms with Crippen molar-refractivity contribution in [2.45, 2.75) is 19.9 Å². The van der Waals surface area contributed by atoms with Crippen LogP contribution in [0.5, 0.6) is 0 Å². The minimum absolute atomic E-state index is 1.01. The standard InChI is InChI=1S/C9H16BrN3/c1-9-12-6-8-13(9)7-5-11-4-2-3-10/h6,8,11H,2-5,7H2,1H3. The summed E-state index contributed by atoms with van der Waals surface area (Å²) in [5.74, 6) is 1.09. The molecule has 0 atom stereocenters. The zero-order valence-corrected chi connectivity index (χ0v) is 9.55. The monoisotopic (exact) mass is 245 g/mol. The molecule has 0 unspecified atom stereocenters. The fourth-order valence-electron chi connectivity index (χ4n) is 1.16. The summed E-state index contributed by atoms with van der Waals surface area (Å²) in [6, 6.07) is 0. The summed E-state index contributed by atoms with van der Waals surface area (Å²) in [4.78, 5) is 4.16. The number of alkyl halides is 1. The van der Waals surface area contributed by atoms with E-state index in [-0.39, 0.29) is 0 Å². The zero-order chi connectivity index (χ0) is 9.52. The highest BCUT2D eigenvalue weighted by Gasteiger charge is 1.94. The van der Waals surface area contributed by atoms with Gasteiger partial charge in [-0.15, -0.1) is 0 Å². The Balaban J connectivity index is 2.10. The van der Waals surface area contributed by atoms with Crippen molar-refractivity contribution in [3.63, 3.8) is 0 Å². The molecule has 1 N–H and O–H groups in total. The molecule has 1 aromatic rings. The second-order valence-corrected chi connectivity index (χ2v) is 3.75. The molecule has 0 aliphatic heterocycles. The lowest BCUT2D eigenvalue weighted by molar-refractivity contribution is 0.586. The van der Waals surface area contributed by atoms with E-state index in [9.17, 15) is 0 Å². The van der Waals surface area contributed by atoms with E-state index in [1.165, 1.54) is 6.42 Å². The van der Waals surface area contributed by atoms with Crippen molar-refractivity contribution in [3.05, 3.63) is 18.2 Å². The van der Waals surface area contributed by atoms with E-state index in [1.54, 1.807) is 0 Å². The Morgan fingerprint density at radius 1 is 1.54 bits per heavy atom. The van der Waals surface area contributed by atoms with Crippen LogP contribution >= 0.6 is 15.9 Å². The molecule has 0 radical (unpaired) electrons. The van der Waals surface area contributed by atoms with Crippen molar-refractivity contribution in [2.24, 2.45) is 0 Å². The molecule has 1 heterocycles. The van der Waals surface area contributed by atoms with Crippen LogP contribution < -0.4 is 5.32 Å². The molecule has 4 heteroatoms. The third-order valence-electron chi connectivity index (χ3n) is 1.94. The average molecular weight is 246 g/mol. The Kier molecular flexibility index (Phi) is 5.08. The molecular formula is C9H16BrN3. The van der Waals surface area contributed by atoms with E-state index in [2.05, 4.69) is 30.8 Å². The lowest BCUT2D eigenvalue weighted by Crippen LogP contribution is -2.21. The van der Waals surface area contributed by atoms with Crippen LogP contribution in [-0.2, 0) is 6.54 Å². The fraction of sp³-hybridized carbons (Fsp3) is 0.667. The van der Waals surface area contributed by atoms with Gasteiger partial charge in [-0.3, -0.25) is 0 Å². The summed E-state index contributed by atoms with van der Waals surface area (Å²) in [5, 5.41) is 4.45. The van der Waals surface area contributed by atoms with E-state index in [1.807, 2.05) is 19.3 Å². The minimum Gasteiger partial charge on any atom is -0.334 e. The molecule has 0 spiro atoms. The summed E-state index contributed by atoms with van der Waals surface area (Å²) < 4.78 is 2.15. The number of imidazole rings is 1. The maximum atomic E-state index is 4.16. The number of hydrogen-bond donors (Lipinski definition) is 1. The van der Waals surface area contributed by atoms with Crippen LogP contribution in [0.1, 0.15) is 12.2 Å². The van der Waals surface area contributed by atoms with E-state index in [4.69, 9.17) is 0 Å². The second kappa shape index (κ2) is 6.16. The lowest BCUT2D eigenvalue weighted by Gasteiger charge is -2.05. The number of aryl methyl sites for hydroxylation is 1. The highest BCUT2D eigenvalue weighted by atomic mass is 79.9. The Morgan fingerprint density at radius 2 is 2.38 bits per heavy atom. The van der Waals surface area contributed by atoms with Crippen molar-refractivity contribution < 1.29 is 0 Å². The molecule has 0 saturated heterocycles. The largest absolute Gasteiger partial charge is 0.334 e. The average Bonchev–Trinajstić information content (AvgIpc) is 2.52. The van der Waals surface area contributed by atoms with Gasteiger partial charge < -0.3 is 9.88 Å². The normalized spacial score (nSPS) is 10.6. The summed E-state index contributed by atoms with van der Waals surface area (Å²) in [6.45, 7) is 5.13. The fourth-order valence-corrected chi connectivity index (χ4v) is 1.44. The van der Waals surface area contributed by atoms with Gasteiger partial charge in [-0.1, -0.05) is 15.9 Å². The number of nitrogens with one attached hydrogen (secondary N) is 1. The molecule has 0 aromatic carbocycles. The second-order valence-electron chi connectivity index (χ2n) is 2.96. The molecule has 0 aliphatic rings. The van der Waals surface area contributed by atoms with E-state index >= 15 is 0 Å². The number of rotatable bonds is 6. The maximum absolute atomic E-state index is 4.16. The molecule has 0 aliphatic carbocycles. The van der Waals surface area contributed by atoms with E-state index in [0.717, 1.165) is 30.8 Å². The van der Waals surface area contributed by atoms with Crippen LogP contribution in [0, 0.1) is 6.92 Å². The van der Waals surface area contributed by atoms with Crippen molar-refractivity contribution in [1.82, 2.24) is 14.9 Å². The molecule has 0 fully saturated rings. The van der Waals surface area contributed by atoms with Crippen molar-refractivity contribution in [3.8, 4) is 0 Å². The van der Waals surface area contributed by atoms with Gasteiger partial charge in [0.15, 0.2) is 0 Å². The Morgan fingerprint density at radius 3 is 3.00 bits per heavy atom. The van der Waals surface area contributed by atoms with Gasteiger partial charge in [-0.05, 0) is 19.9 Å². The highest BCUT2D eigenvalue weighted by molar-refractivity contribution is 9.09. The van der Waals surface area contributed by atoms with Crippen molar-refractivity contribution >= 4 is 15.9 Å². The third kappa shape index (κ3) is 3.91. The number of nitrogens with zero attached hydrogens (tertiary/aromatic N) is 2. The minimum atomic E-state index is 1.01. The van der Waals surface area contributed by atoms with E-state index < -0.39 is 0 Å². The third-order valence-corrected chi connectivity index (χ3v) is 2.50. The van der Waals surface area contributed by atoms with Crippen LogP contribution in [0.15, 0.2) is 12.4 Å². The topological polar surface area (TPSA) is 29.9 Å². The smallest absolute Gasteiger partial charge is 0.105 e. The Labute approximate surface area is 87.7 Å². The van der Waals surface area contributed by atoms with Crippen LogP contribution in [0.25, 0.3) is 0 Å². The summed E-state index contributed by atoms with van der Waals surface area (Å²) in [6.07, 6.45) is 5.04. The first-order valence-electron chi connectivity index (χ1n) is 4.59. The Hall–Kier alpha value is -0.350. The first kappa shape index (κ1) is 10.7. The van der Waals surface area contributed by atoms with Gasteiger partial charge in [0.2, 0.25) is 0 Å². The molecule has 13 heavy (non-hydrogen) atoms. The van der Waals surface area contributed by atoms with Crippen molar-refractivity contribution in [1.29, 1.82) is 0 Å². The zero-order valence-electron chi connectivity index (χ0n) is 7.96.